The van der Waals surface area contributed by atoms with Crippen LogP contribution < -0.4 is 14.8 Å². The molecular formula is C20H28N4O3S. The van der Waals surface area contributed by atoms with Crippen LogP contribution in [0, 0.1) is 5.92 Å². The average Bonchev–Trinajstić information content (AvgIpc) is 2.70. The SMILES string of the molecule is CC(C)S(=O)(=O)NC[C@H]1CC[C@H](Nc2ccc(Oc3ccccc3)nn2)CC1. The predicted octanol–water partition coefficient (Wildman–Crippen LogP) is 3.57. The van der Waals surface area contributed by atoms with Gasteiger partial charge in [0.25, 0.3) is 0 Å². The summed E-state index contributed by atoms with van der Waals surface area (Å²) >= 11 is 0. The Balaban J connectivity index is 1.43. The van der Waals surface area contributed by atoms with Crippen molar-refractivity contribution in [1.29, 1.82) is 0 Å². The van der Waals surface area contributed by atoms with Crippen LogP contribution in [0.25, 0.3) is 0 Å². The quantitative estimate of drug-likeness (QED) is 0.699. The van der Waals surface area contributed by atoms with Crippen molar-refractivity contribution >= 4 is 15.8 Å². The van der Waals surface area contributed by atoms with Gasteiger partial charge in [-0.3, -0.25) is 0 Å². The molecule has 8 heteroatoms. The van der Waals surface area contributed by atoms with Gasteiger partial charge in [0.1, 0.15) is 11.6 Å². The summed E-state index contributed by atoms with van der Waals surface area (Å²) in [6.07, 6.45) is 3.94. The molecule has 1 saturated carbocycles. The van der Waals surface area contributed by atoms with Gasteiger partial charge in [-0.05, 0) is 63.6 Å². The van der Waals surface area contributed by atoms with E-state index in [0.717, 1.165) is 37.3 Å². The summed E-state index contributed by atoms with van der Waals surface area (Å²) in [5, 5.41) is 11.3. The molecule has 2 aromatic rings. The molecule has 0 amide bonds. The summed E-state index contributed by atoms with van der Waals surface area (Å²) in [6.45, 7) is 3.92. The van der Waals surface area contributed by atoms with Gasteiger partial charge in [0.15, 0.2) is 0 Å². The first-order chi connectivity index (χ1) is 13.4. The van der Waals surface area contributed by atoms with Crippen molar-refractivity contribution in [2.24, 2.45) is 5.92 Å². The molecule has 1 aromatic carbocycles. The second-order valence-corrected chi connectivity index (χ2v) is 9.80. The summed E-state index contributed by atoms with van der Waals surface area (Å²) in [4.78, 5) is 0. The fourth-order valence-corrected chi connectivity index (χ4v) is 3.98. The van der Waals surface area contributed by atoms with E-state index in [1.807, 2.05) is 36.4 Å². The zero-order valence-corrected chi connectivity index (χ0v) is 17.2. The Bertz CT molecular complexity index is 834. The van der Waals surface area contributed by atoms with Crippen LogP contribution in [-0.4, -0.2) is 36.5 Å². The fraction of sp³-hybridized carbons (Fsp3) is 0.500. The van der Waals surface area contributed by atoms with E-state index in [2.05, 4.69) is 20.2 Å². The highest BCUT2D eigenvalue weighted by Crippen LogP contribution is 2.26. The highest BCUT2D eigenvalue weighted by molar-refractivity contribution is 7.90. The van der Waals surface area contributed by atoms with Crippen LogP contribution in [0.5, 0.6) is 11.6 Å². The Kier molecular flexibility index (Phi) is 6.85. The minimum absolute atomic E-state index is 0.327. The highest BCUT2D eigenvalue weighted by atomic mass is 32.2. The Hall–Kier alpha value is -2.19. The van der Waals surface area contributed by atoms with Crippen molar-refractivity contribution in [2.45, 2.75) is 50.8 Å². The van der Waals surface area contributed by atoms with E-state index < -0.39 is 15.3 Å². The lowest BCUT2D eigenvalue weighted by atomic mass is 9.86. The maximum absolute atomic E-state index is 11.9. The van der Waals surface area contributed by atoms with Gasteiger partial charge in [-0.15, -0.1) is 10.2 Å². The van der Waals surface area contributed by atoms with E-state index in [0.29, 0.717) is 24.4 Å². The third kappa shape index (κ3) is 5.90. The largest absolute Gasteiger partial charge is 0.438 e. The van der Waals surface area contributed by atoms with Crippen molar-refractivity contribution < 1.29 is 13.2 Å². The molecule has 0 saturated heterocycles. The molecule has 1 aliphatic carbocycles. The monoisotopic (exact) mass is 404 g/mol. The van der Waals surface area contributed by atoms with E-state index in [-0.39, 0.29) is 0 Å². The molecule has 0 atom stereocenters. The van der Waals surface area contributed by atoms with Crippen molar-refractivity contribution in [3.05, 3.63) is 42.5 Å². The van der Waals surface area contributed by atoms with Gasteiger partial charge >= 0.3 is 0 Å². The van der Waals surface area contributed by atoms with Crippen molar-refractivity contribution in [2.75, 3.05) is 11.9 Å². The Morgan fingerprint density at radius 2 is 1.75 bits per heavy atom. The highest BCUT2D eigenvalue weighted by Gasteiger charge is 2.24. The lowest BCUT2D eigenvalue weighted by Crippen LogP contribution is -2.37. The number of sulfonamides is 1. The van der Waals surface area contributed by atoms with Crippen LogP contribution in [0.3, 0.4) is 0 Å². The summed E-state index contributed by atoms with van der Waals surface area (Å²) in [5.74, 6) is 2.30. The molecule has 0 aliphatic heterocycles. The summed E-state index contributed by atoms with van der Waals surface area (Å²) in [5.41, 5.74) is 0. The molecule has 1 aromatic heterocycles. The number of anilines is 1. The van der Waals surface area contributed by atoms with E-state index >= 15 is 0 Å². The molecule has 0 bridgehead atoms. The maximum atomic E-state index is 11.9. The summed E-state index contributed by atoms with van der Waals surface area (Å²) in [6, 6.07) is 13.5. The minimum Gasteiger partial charge on any atom is -0.438 e. The van der Waals surface area contributed by atoms with Gasteiger partial charge in [0.05, 0.1) is 5.25 Å². The van der Waals surface area contributed by atoms with Crippen LogP contribution in [0.4, 0.5) is 5.82 Å². The number of ether oxygens (including phenoxy) is 1. The number of nitrogens with zero attached hydrogens (tertiary/aromatic N) is 2. The molecule has 0 unspecified atom stereocenters. The van der Waals surface area contributed by atoms with Gasteiger partial charge in [0, 0.05) is 18.7 Å². The zero-order chi connectivity index (χ0) is 20.0. The van der Waals surface area contributed by atoms with E-state index in [9.17, 15) is 8.42 Å². The minimum atomic E-state index is -3.18. The molecule has 152 valence electrons. The van der Waals surface area contributed by atoms with E-state index in [4.69, 9.17) is 4.74 Å². The van der Waals surface area contributed by atoms with Crippen LogP contribution >= 0.6 is 0 Å². The summed E-state index contributed by atoms with van der Waals surface area (Å²) in [7, 11) is -3.18. The fourth-order valence-electron chi connectivity index (χ4n) is 3.18. The maximum Gasteiger partial charge on any atom is 0.238 e. The van der Waals surface area contributed by atoms with E-state index in [1.165, 1.54) is 0 Å². The number of aromatic nitrogens is 2. The van der Waals surface area contributed by atoms with Crippen LogP contribution in [-0.2, 0) is 10.0 Å². The third-order valence-electron chi connectivity index (χ3n) is 5.00. The second kappa shape index (κ2) is 9.34. The zero-order valence-electron chi connectivity index (χ0n) is 16.3. The van der Waals surface area contributed by atoms with Gasteiger partial charge < -0.3 is 10.1 Å². The average molecular weight is 405 g/mol. The lowest BCUT2D eigenvalue weighted by molar-refractivity contribution is 0.336. The second-order valence-electron chi connectivity index (χ2n) is 7.48. The number of rotatable bonds is 8. The number of benzene rings is 1. The normalized spacial score (nSPS) is 20.1. The van der Waals surface area contributed by atoms with Gasteiger partial charge in [-0.25, -0.2) is 13.1 Å². The molecule has 3 rings (SSSR count). The van der Waals surface area contributed by atoms with Crippen molar-refractivity contribution in [3.8, 4) is 11.6 Å². The molecular weight excluding hydrogens is 376 g/mol. The smallest absolute Gasteiger partial charge is 0.238 e. The summed E-state index contributed by atoms with van der Waals surface area (Å²) < 4.78 is 32.1. The molecule has 2 N–H and O–H groups in total. The Labute approximate surface area is 167 Å². The Morgan fingerprint density at radius 3 is 2.36 bits per heavy atom. The first kappa shape index (κ1) is 20.5. The Morgan fingerprint density at radius 1 is 1.04 bits per heavy atom. The molecule has 0 radical (unpaired) electrons. The molecule has 1 aliphatic rings. The number of nitrogens with one attached hydrogen (secondary N) is 2. The van der Waals surface area contributed by atoms with E-state index in [1.54, 1.807) is 19.9 Å². The van der Waals surface area contributed by atoms with Crippen LogP contribution in [0.2, 0.25) is 0 Å². The van der Waals surface area contributed by atoms with Crippen LogP contribution in [0.1, 0.15) is 39.5 Å². The lowest BCUT2D eigenvalue weighted by Gasteiger charge is -2.29. The number of hydrogen-bond donors (Lipinski definition) is 2. The van der Waals surface area contributed by atoms with Crippen LogP contribution in [0.15, 0.2) is 42.5 Å². The van der Waals surface area contributed by atoms with Gasteiger partial charge in [-0.1, -0.05) is 18.2 Å². The first-order valence-corrected chi connectivity index (χ1v) is 11.3. The van der Waals surface area contributed by atoms with Gasteiger partial charge in [0.2, 0.25) is 15.9 Å². The first-order valence-electron chi connectivity index (χ1n) is 9.74. The standard InChI is InChI=1S/C20H28N4O3S/c1-15(2)28(25,26)21-14-16-8-10-17(11-9-16)22-19-12-13-20(24-23-19)27-18-6-4-3-5-7-18/h3-7,12-13,15-17,21H,8-11,14H2,1-2H3,(H,22,23)/t16-,17-. The molecule has 0 spiro atoms. The molecule has 1 fully saturated rings. The van der Waals surface area contributed by atoms with Crippen molar-refractivity contribution in [3.63, 3.8) is 0 Å². The van der Waals surface area contributed by atoms with Gasteiger partial charge in [-0.2, -0.15) is 0 Å². The number of para-hydroxylation sites is 1. The molecule has 7 nitrogen and oxygen atoms in total. The number of hydrogen-bond acceptors (Lipinski definition) is 6. The molecule has 28 heavy (non-hydrogen) atoms. The predicted molar refractivity (Wildman–Crippen MR) is 110 cm³/mol. The topological polar surface area (TPSA) is 93.2 Å². The third-order valence-corrected chi connectivity index (χ3v) is 6.81. The van der Waals surface area contributed by atoms with Crippen molar-refractivity contribution in [1.82, 2.24) is 14.9 Å². The molecule has 1 heterocycles.